The largest absolute Gasteiger partial charge is 0.486 e. The molecule has 0 saturated carbocycles. The molecule has 0 spiro atoms. The SMILES string of the molecule is Cc1cc(F)ccc1CC(N)c1ccc2c(c1)OCCO2. The molecule has 4 heteroatoms. The topological polar surface area (TPSA) is 44.5 Å². The minimum absolute atomic E-state index is 0.162. The van der Waals surface area contributed by atoms with Crippen molar-refractivity contribution >= 4 is 0 Å². The highest BCUT2D eigenvalue weighted by atomic mass is 19.1. The lowest BCUT2D eigenvalue weighted by Gasteiger charge is -2.21. The summed E-state index contributed by atoms with van der Waals surface area (Å²) in [5, 5.41) is 0. The molecule has 0 aromatic heterocycles. The Morgan fingerprint density at radius 3 is 2.62 bits per heavy atom. The van der Waals surface area contributed by atoms with Crippen LogP contribution in [-0.2, 0) is 6.42 Å². The first-order valence-electron chi connectivity index (χ1n) is 7.03. The van der Waals surface area contributed by atoms with Crippen molar-refractivity contribution in [2.45, 2.75) is 19.4 Å². The van der Waals surface area contributed by atoms with Crippen molar-refractivity contribution in [2.75, 3.05) is 13.2 Å². The molecule has 0 saturated heterocycles. The van der Waals surface area contributed by atoms with Crippen LogP contribution in [0.5, 0.6) is 11.5 Å². The average Bonchev–Trinajstić information content (AvgIpc) is 2.49. The van der Waals surface area contributed by atoms with Crippen LogP contribution in [0.15, 0.2) is 36.4 Å². The Labute approximate surface area is 123 Å². The van der Waals surface area contributed by atoms with E-state index in [1.807, 2.05) is 25.1 Å². The second-order valence-corrected chi connectivity index (χ2v) is 5.28. The van der Waals surface area contributed by atoms with Crippen LogP contribution in [0, 0.1) is 12.7 Å². The summed E-state index contributed by atoms with van der Waals surface area (Å²) in [6.07, 6.45) is 0.658. The van der Waals surface area contributed by atoms with Crippen LogP contribution in [-0.4, -0.2) is 13.2 Å². The van der Waals surface area contributed by atoms with Crippen molar-refractivity contribution in [1.82, 2.24) is 0 Å². The molecule has 110 valence electrons. The zero-order chi connectivity index (χ0) is 14.8. The van der Waals surface area contributed by atoms with Gasteiger partial charge in [-0.05, 0) is 54.3 Å². The van der Waals surface area contributed by atoms with Gasteiger partial charge in [0.25, 0.3) is 0 Å². The number of ether oxygens (including phenoxy) is 2. The number of halogens is 1. The van der Waals surface area contributed by atoms with Crippen molar-refractivity contribution in [2.24, 2.45) is 5.73 Å². The second-order valence-electron chi connectivity index (χ2n) is 5.28. The molecule has 1 aliphatic rings. The van der Waals surface area contributed by atoms with E-state index in [-0.39, 0.29) is 11.9 Å². The Hall–Kier alpha value is -2.07. The fraction of sp³-hybridized carbons (Fsp3) is 0.294. The van der Waals surface area contributed by atoms with E-state index in [9.17, 15) is 4.39 Å². The van der Waals surface area contributed by atoms with Crippen LogP contribution in [0.25, 0.3) is 0 Å². The van der Waals surface area contributed by atoms with E-state index in [0.29, 0.717) is 19.6 Å². The van der Waals surface area contributed by atoms with Crippen LogP contribution in [0.2, 0.25) is 0 Å². The fourth-order valence-electron chi connectivity index (χ4n) is 2.53. The molecule has 2 aromatic rings. The number of nitrogens with two attached hydrogens (primary N) is 1. The zero-order valence-electron chi connectivity index (χ0n) is 11.9. The third kappa shape index (κ3) is 3.00. The maximum absolute atomic E-state index is 13.1. The minimum Gasteiger partial charge on any atom is -0.486 e. The van der Waals surface area contributed by atoms with Gasteiger partial charge in [0.1, 0.15) is 19.0 Å². The van der Waals surface area contributed by atoms with Gasteiger partial charge in [-0.3, -0.25) is 0 Å². The lowest BCUT2D eigenvalue weighted by Crippen LogP contribution is -2.17. The summed E-state index contributed by atoms with van der Waals surface area (Å²) in [5.41, 5.74) is 9.24. The molecule has 1 atom stereocenters. The Morgan fingerprint density at radius 1 is 1.10 bits per heavy atom. The fourth-order valence-corrected chi connectivity index (χ4v) is 2.53. The van der Waals surface area contributed by atoms with Gasteiger partial charge in [0, 0.05) is 6.04 Å². The molecule has 3 nitrogen and oxygen atoms in total. The van der Waals surface area contributed by atoms with Gasteiger partial charge in [-0.1, -0.05) is 12.1 Å². The molecule has 2 aromatic carbocycles. The summed E-state index contributed by atoms with van der Waals surface area (Å²) in [6, 6.07) is 10.4. The molecular weight excluding hydrogens is 269 g/mol. The van der Waals surface area contributed by atoms with Gasteiger partial charge >= 0.3 is 0 Å². The van der Waals surface area contributed by atoms with Crippen LogP contribution < -0.4 is 15.2 Å². The Balaban J connectivity index is 1.80. The average molecular weight is 287 g/mol. The monoisotopic (exact) mass is 287 g/mol. The maximum Gasteiger partial charge on any atom is 0.161 e. The molecule has 1 unspecified atom stereocenters. The number of aryl methyl sites for hydroxylation is 1. The van der Waals surface area contributed by atoms with E-state index >= 15 is 0 Å². The number of benzene rings is 2. The molecular formula is C17H18FNO2. The maximum atomic E-state index is 13.1. The van der Waals surface area contributed by atoms with E-state index in [1.54, 1.807) is 6.07 Å². The van der Waals surface area contributed by atoms with Crippen molar-refractivity contribution < 1.29 is 13.9 Å². The minimum atomic E-state index is -0.218. The van der Waals surface area contributed by atoms with Gasteiger partial charge in [0.2, 0.25) is 0 Å². The van der Waals surface area contributed by atoms with Crippen LogP contribution in [0.1, 0.15) is 22.7 Å². The molecule has 0 bridgehead atoms. The summed E-state index contributed by atoms with van der Waals surface area (Å²) in [5.74, 6) is 1.28. The van der Waals surface area contributed by atoms with Gasteiger partial charge in [-0.15, -0.1) is 0 Å². The zero-order valence-corrected chi connectivity index (χ0v) is 11.9. The van der Waals surface area contributed by atoms with Gasteiger partial charge in [-0.2, -0.15) is 0 Å². The quantitative estimate of drug-likeness (QED) is 0.943. The van der Waals surface area contributed by atoms with Gasteiger partial charge in [0.05, 0.1) is 0 Å². The number of rotatable bonds is 3. The highest BCUT2D eigenvalue weighted by molar-refractivity contribution is 5.45. The predicted molar refractivity (Wildman–Crippen MR) is 79.2 cm³/mol. The highest BCUT2D eigenvalue weighted by Gasteiger charge is 2.15. The molecule has 1 aliphatic heterocycles. The smallest absolute Gasteiger partial charge is 0.161 e. The summed E-state index contributed by atoms with van der Waals surface area (Å²) in [4.78, 5) is 0. The second kappa shape index (κ2) is 5.74. The van der Waals surface area contributed by atoms with Crippen molar-refractivity contribution in [3.8, 4) is 11.5 Å². The van der Waals surface area contributed by atoms with Crippen molar-refractivity contribution in [3.63, 3.8) is 0 Å². The summed E-state index contributed by atoms with van der Waals surface area (Å²) in [7, 11) is 0. The molecule has 0 aliphatic carbocycles. The molecule has 2 N–H and O–H groups in total. The Morgan fingerprint density at radius 2 is 1.86 bits per heavy atom. The van der Waals surface area contributed by atoms with E-state index < -0.39 is 0 Å². The van der Waals surface area contributed by atoms with E-state index in [4.69, 9.17) is 15.2 Å². The summed E-state index contributed by atoms with van der Waals surface area (Å²) >= 11 is 0. The third-order valence-electron chi connectivity index (χ3n) is 3.74. The first-order chi connectivity index (χ1) is 10.1. The lowest BCUT2D eigenvalue weighted by atomic mass is 9.96. The molecule has 3 rings (SSSR count). The summed E-state index contributed by atoms with van der Waals surface area (Å²) < 4.78 is 24.2. The predicted octanol–water partition coefficient (Wildman–Crippen LogP) is 3.15. The Kier molecular flexibility index (Phi) is 3.80. The van der Waals surface area contributed by atoms with Gasteiger partial charge < -0.3 is 15.2 Å². The van der Waals surface area contributed by atoms with Crippen LogP contribution in [0.4, 0.5) is 4.39 Å². The number of fused-ring (bicyclic) bond motifs is 1. The molecule has 0 fully saturated rings. The van der Waals surface area contributed by atoms with Crippen LogP contribution >= 0.6 is 0 Å². The molecule has 1 heterocycles. The Bertz CT molecular complexity index is 657. The molecule has 0 radical (unpaired) electrons. The third-order valence-corrected chi connectivity index (χ3v) is 3.74. The van der Waals surface area contributed by atoms with Gasteiger partial charge in [-0.25, -0.2) is 4.39 Å². The normalized spacial score (nSPS) is 14.8. The van der Waals surface area contributed by atoms with E-state index in [0.717, 1.165) is 28.2 Å². The molecule has 0 amide bonds. The summed E-state index contributed by atoms with van der Waals surface area (Å²) in [6.45, 7) is 3.03. The van der Waals surface area contributed by atoms with Crippen molar-refractivity contribution in [1.29, 1.82) is 0 Å². The highest BCUT2D eigenvalue weighted by Crippen LogP contribution is 2.33. The standard InChI is InChI=1S/C17H18FNO2/c1-11-8-14(18)4-2-12(11)9-15(19)13-3-5-16-17(10-13)21-7-6-20-16/h2-5,8,10,15H,6-7,9,19H2,1H3. The van der Waals surface area contributed by atoms with E-state index in [1.165, 1.54) is 12.1 Å². The molecule has 21 heavy (non-hydrogen) atoms. The number of hydrogen-bond acceptors (Lipinski definition) is 3. The van der Waals surface area contributed by atoms with Crippen molar-refractivity contribution in [3.05, 3.63) is 58.9 Å². The first-order valence-corrected chi connectivity index (χ1v) is 7.03. The lowest BCUT2D eigenvalue weighted by molar-refractivity contribution is 0.171. The van der Waals surface area contributed by atoms with Crippen LogP contribution in [0.3, 0.4) is 0 Å². The first kappa shape index (κ1) is 13.9. The van der Waals surface area contributed by atoms with Gasteiger partial charge in [0.15, 0.2) is 11.5 Å². The number of hydrogen-bond donors (Lipinski definition) is 1. The van der Waals surface area contributed by atoms with E-state index in [2.05, 4.69) is 0 Å².